The SMILES string of the molecule is CCC(Oc1ccccc1)C(=O)N1CC(C)OC(C)C1. The van der Waals surface area contributed by atoms with Crippen molar-refractivity contribution in [3.8, 4) is 5.75 Å². The van der Waals surface area contributed by atoms with E-state index in [0.29, 0.717) is 19.5 Å². The number of hydrogen-bond acceptors (Lipinski definition) is 3. The van der Waals surface area contributed by atoms with E-state index in [0.717, 1.165) is 5.75 Å². The Morgan fingerprint density at radius 2 is 1.90 bits per heavy atom. The highest BCUT2D eigenvalue weighted by Gasteiger charge is 2.30. The van der Waals surface area contributed by atoms with Gasteiger partial charge in [-0.25, -0.2) is 0 Å². The highest BCUT2D eigenvalue weighted by Crippen LogP contribution is 2.17. The molecule has 1 aliphatic rings. The summed E-state index contributed by atoms with van der Waals surface area (Å²) in [5, 5.41) is 0. The predicted molar refractivity (Wildman–Crippen MR) is 77.7 cm³/mol. The van der Waals surface area contributed by atoms with Crippen molar-refractivity contribution in [3.63, 3.8) is 0 Å². The van der Waals surface area contributed by atoms with Gasteiger partial charge < -0.3 is 14.4 Å². The Morgan fingerprint density at radius 1 is 1.30 bits per heavy atom. The average Bonchev–Trinajstić information content (AvgIpc) is 2.44. The lowest BCUT2D eigenvalue weighted by atomic mass is 10.1. The van der Waals surface area contributed by atoms with Crippen molar-refractivity contribution in [2.24, 2.45) is 0 Å². The Hall–Kier alpha value is -1.55. The summed E-state index contributed by atoms with van der Waals surface area (Å²) in [6.07, 6.45) is 0.400. The molecule has 0 bridgehead atoms. The lowest BCUT2D eigenvalue weighted by Crippen LogP contribution is -2.52. The first-order valence-corrected chi connectivity index (χ1v) is 7.26. The minimum atomic E-state index is -0.421. The van der Waals surface area contributed by atoms with E-state index in [4.69, 9.17) is 9.47 Å². The van der Waals surface area contributed by atoms with E-state index in [9.17, 15) is 4.79 Å². The van der Waals surface area contributed by atoms with Gasteiger partial charge in [-0.1, -0.05) is 25.1 Å². The number of para-hydroxylation sites is 1. The van der Waals surface area contributed by atoms with Crippen LogP contribution in [-0.4, -0.2) is 42.2 Å². The van der Waals surface area contributed by atoms with Crippen molar-refractivity contribution in [2.75, 3.05) is 13.1 Å². The number of rotatable bonds is 4. The molecule has 0 spiro atoms. The summed E-state index contributed by atoms with van der Waals surface area (Å²) < 4.78 is 11.5. The summed E-state index contributed by atoms with van der Waals surface area (Å²) in [5.74, 6) is 0.792. The van der Waals surface area contributed by atoms with Gasteiger partial charge in [-0.15, -0.1) is 0 Å². The summed E-state index contributed by atoms with van der Waals surface area (Å²) in [5.41, 5.74) is 0. The van der Waals surface area contributed by atoms with Gasteiger partial charge in [0.05, 0.1) is 12.2 Å². The highest BCUT2D eigenvalue weighted by atomic mass is 16.5. The van der Waals surface area contributed by atoms with E-state index in [1.54, 1.807) is 0 Å². The molecular weight excluding hydrogens is 254 g/mol. The summed E-state index contributed by atoms with van der Waals surface area (Å²) >= 11 is 0. The molecule has 0 aliphatic carbocycles. The maximum absolute atomic E-state index is 12.6. The van der Waals surface area contributed by atoms with Crippen LogP contribution in [0.15, 0.2) is 30.3 Å². The Balaban J connectivity index is 2.01. The molecule has 4 heteroatoms. The van der Waals surface area contributed by atoms with Crippen molar-refractivity contribution in [3.05, 3.63) is 30.3 Å². The summed E-state index contributed by atoms with van der Waals surface area (Å²) in [6, 6.07) is 9.50. The summed E-state index contributed by atoms with van der Waals surface area (Å²) in [4.78, 5) is 14.4. The molecule has 1 heterocycles. The third kappa shape index (κ3) is 3.73. The number of amides is 1. The van der Waals surface area contributed by atoms with E-state index >= 15 is 0 Å². The smallest absolute Gasteiger partial charge is 0.263 e. The third-order valence-corrected chi connectivity index (χ3v) is 3.40. The molecule has 1 amide bonds. The maximum atomic E-state index is 12.6. The van der Waals surface area contributed by atoms with Gasteiger partial charge in [-0.05, 0) is 32.4 Å². The Labute approximate surface area is 120 Å². The fraction of sp³-hybridized carbons (Fsp3) is 0.562. The lowest BCUT2D eigenvalue weighted by Gasteiger charge is -2.36. The number of hydrogen-bond donors (Lipinski definition) is 0. The fourth-order valence-corrected chi connectivity index (χ4v) is 2.53. The number of morpholine rings is 1. The van der Waals surface area contributed by atoms with Gasteiger partial charge >= 0.3 is 0 Å². The van der Waals surface area contributed by atoms with Gasteiger partial charge in [0.25, 0.3) is 5.91 Å². The zero-order chi connectivity index (χ0) is 14.5. The van der Waals surface area contributed by atoms with Crippen LogP contribution in [0.4, 0.5) is 0 Å². The number of carbonyl (C=O) groups is 1. The van der Waals surface area contributed by atoms with E-state index in [2.05, 4.69) is 0 Å². The average molecular weight is 277 g/mol. The topological polar surface area (TPSA) is 38.8 Å². The Kier molecular flexibility index (Phi) is 5.01. The quantitative estimate of drug-likeness (QED) is 0.848. The van der Waals surface area contributed by atoms with Crippen LogP contribution in [0.5, 0.6) is 5.75 Å². The van der Waals surface area contributed by atoms with E-state index in [1.807, 2.05) is 56.0 Å². The Bertz CT molecular complexity index is 425. The third-order valence-electron chi connectivity index (χ3n) is 3.40. The van der Waals surface area contributed by atoms with Crippen molar-refractivity contribution in [1.29, 1.82) is 0 Å². The molecule has 1 aliphatic heterocycles. The van der Waals surface area contributed by atoms with Gasteiger partial charge in [0.15, 0.2) is 6.10 Å². The molecule has 0 N–H and O–H groups in total. The highest BCUT2D eigenvalue weighted by molar-refractivity contribution is 5.81. The largest absolute Gasteiger partial charge is 0.481 e. The molecule has 2 rings (SSSR count). The molecule has 1 saturated heterocycles. The van der Waals surface area contributed by atoms with E-state index in [1.165, 1.54) is 0 Å². The van der Waals surface area contributed by atoms with Gasteiger partial charge in [-0.2, -0.15) is 0 Å². The summed E-state index contributed by atoms with van der Waals surface area (Å²) in [6.45, 7) is 7.23. The van der Waals surface area contributed by atoms with E-state index in [-0.39, 0.29) is 18.1 Å². The molecule has 0 radical (unpaired) electrons. The molecule has 1 fully saturated rings. The number of nitrogens with zero attached hydrogens (tertiary/aromatic N) is 1. The summed E-state index contributed by atoms with van der Waals surface area (Å²) in [7, 11) is 0. The fourth-order valence-electron chi connectivity index (χ4n) is 2.53. The van der Waals surface area contributed by atoms with Gasteiger partial charge in [0, 0.05) is 13.1 Å². The lowest BCUT2D eigenvalue weighted by molar-refractivity contribution is -0.150. The number of ether oxygens (including phenoxy) is 2. The van der Waals surface area contributed by atoms with Crippen LogP contribution in [0.1, 0.15) is 27.2 Å². The first-order chi connectivity index (χ1) is 9.60. The van der Waals surface area contributed by atoms with Gasteiger partial charge in [0.1, 0.15) is 5.75 Å². The molecule has 4 nitrogen and oxygen atoms in total. The molecule has 1 aromatic rings. The van der Waals surface area contributed by atoms with Gasteiger partial charge in [0.2, 0.25) is 0 Å². The second-order valence-electron chi connectivity index (χ2n) is 5.33. The van der Waals surface area contributed by atoms with Crippen LogP contribution in [0, 0.1) is 0 Å². The second-order valence-corrected chi connectivity index (χ2v) is 5.33. The number of carbonyl (C=O) groups excluding carboxylic acids is 1. The molecule has 0 saturated carbocycles. The van der Waals surface area contributed by atoms with Crippen LogP contribution in [0.2, 0.25) is 0 Å². The Morgan fingerprint density at radius 3 is 2.45 bits per heavy atom. The van der Waals surface area contributed by atoms with Crippen molar-refractivity contribution in [2.45, 2.75) is 45.5 Å². The standard InChI is InChI=1S/C16H23NO3/c1-4-15(20-14-8-6-5-7-9-14)16(18)17-10-12(2)19-13(3)11-17/h5-9,12-13,15H,4,10-11H2,1-3H3. The minimum absolute atomic E-state index is 0.0540. The van der Waals surface area contributed by atoms with Crippen molar-refractivity contribution >= 4 is 5.91 Å². The molecule has 3 unspecified atom stereocenters. The molecule has 110 valence electrons. The second kappa shape index (κ2) is 6.75. The van der Waals surface area contributed by atoms with Gasteiger partial charge in [-0.3, -0.25) is 4.79 Å². The van der Waals surface area contributed by atoms with Crippen molar-refractivity contribution < 1.29 is 14.3 Å². The van der Waals surface area contributed by atoms with Crippen LogP contribution in [-0.2, 0) is 9.53 Å². The van der Waals surface area contributed by atoms with Crippen LogP contribution in [0.3, 0.4) is 0 Å². The van der Waals surface area contributed by atoms with E-state index < -0.39 is 6.10 Å². The van der Waals surface area contributed by atoms with Crippen LogP contribution in [0.25, 0.3) is 0 Å². The molecule has 0 aromatic heterocycles. The molecule has 20 heavy (non-hydrogen) atoms. The molecular formula is C16H23NO3. The molecule has 1 aromatic carbocycles. The normalized spacial score (nSPS) is 24.2. The zero-order valence-electron chi connectivity index (χ0n) is 12.4. The van der Waals surface area contributed by atoms with Crippen molar-refractivity contribution in [1.82, 2.24) is 4.90 Å². The van der Waals surface area contributed by atoms with Crippen LogP contribution < -0.4 is 4.74 Å². The predicted octanol–water partition coefficient (Wildman–Crippen LogP) is 2.48. The zero-order valence-corrected chi connectivity index (χ0v) is 12.4. The first-order valence-electron chi connectivity index (χ1n) is 7.26. The minimum Gasteiger partial charge on any atom is -0.481 e. The number of benzene rings is 1. The first kappa shape index (κ1) is 14.9. The maximum Gasteiger partial charge on any atom is 0.263 e. The molecule has 3 atom stereocenters. The van der Waals surface area contributed by atoms with Crippen LogP contribution >= 0.6 is 0 Å². The monoisotopic (exact) mass is 277 g/mol.